The smallest absolute Gasteiger partial charge is 0.435 e. The normalized spacial score (nSPS) is 15.8. The van der Waals surface area contributed by atoms with Crippen LogP contribution in [-0.2, 0) is 28.5 Å². The number of anilines is 1. The molecule has 2 atom stereocenters. The Kier molecular flexibility index (Phi) is 6.78. The third-order valence-electron chi connectivity index (χ3n) is 5.45. The molecule has 0 aliphatic heterocycles. The van der Waals surface area contributed by atoms with Crippen LogP contribution < -0.4 is 5.32 Å². The van der Waals surface area contributed by atoms with Crippen molar-refractivity contribution in [3.05, 3.63) is 33.5 Å². The van der Waals surface area contributed by atoms with E-state index < -0.39 is 29.8 Å². The molecule has 2 aromatic rings. The number of aryl methyl sites for hydroxylation is 2. The lowest BCUT2D eigenvalue weighted by molar-refractivity contribution is -0.141. The van der Waals surface area contributed by atoms with Gasteiger partial charge < -0.3 is 10.1 Å². The van der Waals surface area contributed by atoms with Gasteiger partial charge in [-0.15, -0.1) is 11.3 Å². The summed E-state index contributed by atoms with van der Waals surface area (Å²) in [4.78, 5) is 26.8. The van der Waals surface area contributed by atoms with E-state index in [0.717, 1.165) is 46.9 Å². The fourth-order valence-electron chi connectivity index (χ4n) is 3.54. The average molecular weight is 458 g/mol. The number of alkyl halides is 3. The molecule has 1 aliphatic carbocycles. The van der Waals surface area contributed by atoms with Gasteiger partial charge in [-0.3, -0.25) is 9.48 Å². The molecule has 2 heterocycles. The van der Waals surface area contributed by atoms with Crippen LogP contribution in [0.4, 0.5) is 18.2 Å². The summed E-state index contributed by atoms with van der Waals surface area (Å²) < 4.78 is 45.5. The lowest BCUT2D eigenvalue weighted by Gasteiger charge is -2.16. The van der Waals surface area contributed by atoms with Crippen molar-refractivity contribution < 1.29 is 27.5 Å². The molecule has 2 unspecified atom stereocenters. The second kappa shape index (κ2) is 9.02. The van der Waals surface area contributed by atoms with Crippen LogP contribution >= 0.6 is 11.3 Å². The maximum Gasteiger partial charge on any atom is 0.435 e. The Bertz CT molecular complexity index is 981. The lowest BCUT2D eigenvalue weighted by atomic mass is 9.95. The van der Waals surface area contributed by atoms with Crippen LogP contribution in [0.15, 0.2) is 6.07 Å². The summed E-state index contributed by atoms with van der Waals surface area (Å²) in [5.74, 6) is -1.03. The van der Waals surface area contributed by atoms with Crippen LogP contribution in [0, 0.1) is 6.92 Å². The molecule has 0 bridgehead atoms. The number of hydrogen-bond acceptors (Lipinski definition) is 5. The molecule has 31 heavy (non-hydrogen) atoms. The number of carbonyl (C=O) groups excluding carboxylic acids is 2. The predicted octanol–water partition coefficient (Wildman–Crippen LogP) is 5.31. The molecule has 10 heteroatoms. The van der Waals surface area contributed by atoms with Gasteiger partial charge >= 0.3 is 12.1 Å². The minimum Gasteiger partial charge on any atom is -0.459 e. The number of halogens is 3. The number of nitrogens with one attached hydrogen (secondary N) is 1. The second-order valence-corrected chi connectivity index (χ2v) is 8.92. The Hall–Kier alpha value is -2.36. The Morgan fingerprint density at radius 2 is 1.97 bits per heavy atom. The zero-order chi connectivity index (χ0) is 22.9. The number of nitrogens with zero attached hydrogens (tertiary/aromatic N) is 2. The fourth-order valence-corrected chi connectivity index (χ4v) is 4.82. The zero-order valence-electron chi connectivity index (χ0n) is 17.9. The van der Waals surface area contributed by atoms with Crippen molar-refractivity contribution in [1.29, 1.82) is 0 Å². The van der Waals surface area contributed by atoms with E-state index in [4.69, 9.17) is 4.74 Å². The quantitative estimate of drug-likeness (QED) is 0.597. The summed E-state index contributed by atoms with van der Waals surface area (Å²) >= 11 is 1.34. The van der Waals surface area contributed by atoms with Crippen molar-refractivity contribution in [1.82, 2.24) is 9.78 Å². The largest absolute Gasteiger partial charge is 0.459 e. The van der Waals surface area contributed by atoms with Gasteiger partial charge in [0.15, 0.2) is 5.69 Å². The van der Waals surface area contributed by atoms with E-state index >= 15 is 0 Å². The Morgan fingerprint density at radius 1 is 1.29 bits per heavy atom. The number of aromatic nitrogens is 2. The van der Waals surface area contributed by atoms with E-state index in [2.05, 4.69) is 10.4 Å². The van der Waals surface area contributed by atoms with Gasteiger partial charge in [-0.05, 0) is 64.5 Å². The summed E-state index contributed by atoms with van der Waals surface area (Å²) in [6, 6.07) is -0.0867. The van der Waals surface area contributed by atoms with E-state index in [9.17, 15) is 22.8 Å². The maximum atomic E-state index is 13.0. The molecule has 0 aromatic carbocycles. The third-order valence-corrected chi connectivity index (χ3v) is 6.66. The molecule has 3 rings (SSSR count). The van der Waals surface area contributed by atoms with Gasteiger partial charge in [0, 0.05) is 10.6 Å². The van der Waals surface area contributed by atoms with Crippen molar-refractivity contribution in [2.24, 2.45) is 0 Å². The second-order valence-electron chi connectivity index (χ2n) is 7.82. The van der Waals surface area contributed by atoms with Crippen molar-refractivity contribution in [3.8, 4) is 0 Å². The first-order valence-corrected chi connectivity index (χ1v) is 11.1. The molecule has 1 N–H and O–H groups in total. The van der Waals surface area contributed by atoms with Gasteiger partial charge in [0.05, 0.1) is 11.7 Å². The molecule has 1 aliphatic rings. The van der Waals surface area contributed by atoms with Gasteiger partial charge in [0.2, 0.25) is 5.91 Å². The predicted molar refractivity (Wildman–Crippen MR) is 111 cm³/mol. The molecule has 6 nitrogen and oxygen atoms in total. The molecule has 0 saturated heterocycles. The number of thiophene rings is 1. The molecule has 0 fully saturated rings. The Labute approximate surface area is 182 Å². The van der Waals surface area contributed by atoms with E-state index in [1.807, 2.05) is 6.92 Å². The van der Waals surface area contributed by atoms with Crippen LogP contribution in [0.3, 0.4) is 0 Å². The number of amides is 1. The lowest BCUT2D eigenvalue weighted by Crippen LogP contribution is -2.26. The van der Waals surface area contributed by atoms with Crippen LogP contribution in [0.25, 0.3) is 0 Å². The average Bonchev–Trinajstić information content (AvgIpc) is 3.27. The summed E-state index contributed by atoms with van der Waals surface area (Å²) in [6.07, 6.45) is -0.685. The fraction of sp³-hybridized carbons (Fsp3) is 0.571. The van der Waals surface area contributed by atoms with Gasteiger partial charge in [0.1, 0.15) is 11.0 Å². The Balaban J connectivity index is 1.88. The van der Waals surface area contributed by atoms with Gasteiger partial charge in [-0.1, -0.05) is 6.92 Å². The van der Waals surface area contributed by atoms with Crippen molar-refractivity contribution >= 4 is 28.2 Å². The van der Waals surface area contributed by atoms with E-state index in [-0.39, 0.29) is 11.8 Å². The molecule has 0 saturated carbocycles. The first-order valence-electron chi connectivity index (χ1n) is 10.3. The van der Waals surface area contributed by atoms with Crippen molar-refractivity contribution in [3.63, 3.8) is 0 Å². The highest BCUT2D eigenvalue weighted by Crippen LogP contribution is 2.39. The highest BCUT2D eigenvalue weighted by molar-refractivity contribution is 7.17. The number of carbonyl (C=O) groups is 2. The van der Waals surface area contributed by atoms with E-state index in [0.29, 0.717) is 17.0 Å². The first-order chi connectivity index (χ1) is 14.5. The highest BCUT2D eigenvalue weighted by atomic mass is 32.1. The number of fused-ring (bicyclic) bond motifs is 1. The van der Waals surface area contributed by atoms with Gasteiger partial charge in [0.25, 0.3) is 0 Å². The van der Waals surface area contributed by atoms with Gasteiger partial charge in [-0.25, -0.2) is 4.79 Å². The van der Waals surface area contributed by atoms with E-state index in [1.54, 1.807) is 6.92 Å². The van der Waals surface area contributed by atoms with Crippen molar-refractivity contribution in [2.45, 2.75) is 78.1 Å². The van der Waals surface area contributed by atoms with E-state index in [1.165, 1.54) is 25.2 Å². The zero-order valence-corrected chi connectivity index (χ0v) is 18.7. The number of ether oxygens (including phenoxy) is 1. The maximum absolute atomic E-state index is 13.0. The molecule has 0 radical (unpaired) electrons. The monoisotopic (exact) mass is 457 g/mol. The third kappa shape index (κ3) is 4.94. The minimum atomic E-state index is -4.59. The summed E-state index contributed by atoms with van der Waals surface area (Å²) in [5, 5.41) is 6.70. The van der Waals surface area contributed by atoms with Crippen LogP contribution in [0.1, 0.15) is 78.3 Å². The molecule has 1 amide bonds. The van der Waals surface area contributed by atoms with Crippen molar-refractivity contribution in [2.75, 3.05) is 5.32 Å². The summed E-state index contributed by atoms with van der Waals surface area (Å²) in [6.45, 7) is 6.65. The topological polar surface area (TPSA) is 73.2 Å². The summed E-state index contributed by atoms with van der Waals surface area (Å²) in [7, 11) is 0. The number of esters is 1. The number of hydrogen-bond donors (Lipinski definition) is 1. The minimum absolute atomic E-state index is 0.219. The summed E-state index contributed by atoms with van der Waals surface area (Å²) in [5.41, 5.74) is 0.446. The number of rotatable bonds is 6. The highest BCUT2D eigenvalue weighted by Gasteiger charge is 2.36. The first kappa shape index (κ1) is 23.3. The molecule has 0 spiro atoms. The molecular formula is C21H26F3N3O3S. The molecule has 2 aromatic heterocycles. The molecule has 170 valence electrons. The van der Waals surface area contributed by atoms with Crippen LogP contribution in [-0.4, -0.2) is 27.8 Å². The molecular weight excluding hydrogens is 431 g/mol. The van der Waals surface area contributed by atoms with Gasteiger partial charge in [-0.2, -0.15) is 18.3 Å². The van der Waals surface area contributed by atoms with Crippen LogP contribution in [0.5, 0.6) is 0 Å². The Morgan fingerprint density at radius 3 is 2.58 bits per heavy atom. The van der Waals surface area contributed by atoms with Crippen LogP contribution in [0.2, 0.25) is 0 Å². The SMILES string of the molecule is CCC(C)OC(=O)c1c(NC(=O)C(C)n2nc(C(F)(F)F)cc2C)sc2c1CCCC2. The standard InChI is InChI=1S/C21H26F3N3O3S/c1-5-12(3)30-20(29)17-14-8-6-7-9-15(14)31-19(17)25-18(28)13(4)27-11(2)10-16(26-27)21(22,23)24/h10,12-13H,5-9H2,1-4H3,(H,25,28).